The standard InChI is InChI=1S/C11H14N2O2S2/c1-7(14)8(2)17-6-10-12-11(13-15-10)9-3-4-16-5-9/h3-5,7-8,14H,6H2,1-2H3. The van der Waals surface area contributed by atoms with Crippen molar-refractivity contribution >= 4 is 23.1 Å². The minimum absolute atomic E-state index is 0.159. The number of nitrogens with zero attached hydrogens (tertiary/aromatic N) is 2. The molecule has 2 atom stereocenters. The molecule has 2 unspecified atom stereocenters. The Morgan fingerprint density at radius 2 is 2.35 bits per heavy atom. The van der Waals surface area contributed by atoms with Crippen LogP contribution in [0.2, 0.25) is 0 Å². The molecule has 0 aromatic carbocycles. The van der Waals surface area contributed by atoms with Gasteiger partial charge in [0, 0.05) is 16.2 Å². The Morgan fingerprint density at radius 3 is 3.00 bits per heavy atom. The van der Waals surface area contributed by atoms with Gasteiger partial charge in [-0.15, -0.1) is 11.8 Å². The number of aliphatic hydroxyl groups is 1. The van der Waals surface area contributed by atoms with Crippen LogP contribution < -0.4 is 0 Å². The third kappa shape index (κ3) is 3.31. The maximum atomic E-state index is 9.37. The summed E-state index contributed by atoms with van der Waals surface area (Å²) in [6, 6.07) is 1.96. The van der Waals surface area contributed by atoms with Crippen molar-refractivity contribution in [1.29, 1.82) is 0 Å². The van der Waals surface area contributed by atoms with Crippen LogP contribution in [0.1, 0.15) is 19.7 Å². The highest BCUT2D eigenvalue weighted by atomic mass is 32.2. The van der Waals surface area contributed by atoms with Gasteiger partial charge in [-0.2, -0.15) is 16.3 Å². The number of hydrogen-bond donors (Lipinski definition) is 1. The summed E-state index contributed by atoms with van der Waals surface area (Å²) >= 11 is 3.21. The first-order chi connectivity index (χ1) is 8.16. The van der Waals surface area contributed by atoms with Crippen molar-refractivity contribution in [3.63, 3.8) is 0 Å². The molecular formula is C11H14N2O2S2. The first kappa shape index (κ1) is 12.6. The summed E-state index contributed by atoms with van der Waals surface area (Å²) in [6.07, 6.45) is -0.334. The third-order valence-electron chi connectivity index (χ3n) is 2.40. The van der Waals surface area contributed by atoms with Crippen LogP contribution in [0.5, 0.6) is 0 Å². The smallest absolute Gasteiger partial charge is 0.236 e. The van der Waals surface area contributed by atoms with E-state index in [1.165, 1.54) is 0 Å². The van der Waals surface area contributed by atoms with E-state index in [0.29, 0.717) is 17.5 Å². The van der Waals surface area contributed by atoms with Crippen molar-refractivity contribution in [3.8, 4) is 11.4 Å². The van der Waals surface area contributed by atoms with Gasteiger partial charge in [-0.25, -0.2) is 0 Å². The predicted octanol–water partition coefficient (Wildman–Crippen LogP) is 2.80. The number of thiophene rings is 1. The molecule has 92 valence electrons. The summed E-state index contributed by atoms with van der Waals surface area (Å²) in [5.74, 6) is 1.86. The number of hydrogen-bond acceptors (Lipinski definition) is 6. The van der Waals surface area contributed by atoms with Crippen molar-refractivity contribution < 1.29 is 9.63 Å². The Kier molecular flexibility index (Phi) is 4.20. The molecule has 2 heterocycles. The van der Waals surface area contributed by atoms with E-state index in [1.54, 1.807) is 30.0 Å². The topological polar surface area (TPSA) is 59.2 Å². The lowest BCUT2D eigenvalue weighted by atomic mass is 10.3. The predicted molar refractivity (Wildman–Crippen MR) is 70.0 cm³/mol. The van der Waals surface area contributed by atoms with E-state index in [2.05, 4.69) is 10.1 Å². The Morgan fingerprint density at radius 1 is 1.53 bits per heavy atom. The summed E-state index contributed by atoms with van der Waals surface area (Å²) in [5.41, 5.74) is 0.985. The van der Waals surface area contributed by atoms with Gasteiger partial charge >= 0.3 is 0 Å². The molecule has 2 aromatic heterocycles. The second kappa shape index (κ2) is 5.66. The Balaban J connectivity index is 1.95. The molecule has 17 heavy (non-hydrogen) atoms. The van der Waals surface area contributed by atoms with Crippen LogP contribution in [-0.2, 0) is 5.75 Å². The second-order valence-corrected chi connectivity index (χ2v) is 5.93. The van der Waals surface area contributed by atoms with Crippen molar-refractivity contribution in [2.24, 2.45) is 0 Å². The normalized spacial score (nSPS) is 14.8. The van der Waals surface area contributed by atoms with E-state index in [9.17, 15) is 5.11 Å². The SMILES string of the molecule is CC(O)C(C)SCc1nc(-c2ccsc2)no1. The zero-order chi connectivity index (χ0) is 12.3. The van der Waals surface area contributed by atoms with Crippen molar-refractivity contribution in [3.05, 3.63) is 22.7 Å². The fourth-order valence-corrected chi connectivity index (χ4v) is 2.60. The van der Waals surface area contributed by atoms with Crippen LogP contribution in [0.15, 0.2) is 21.3 Å². The lowest BCUT2D eigenvalue weighted by molar-refractivity contribution is 0.196. The lowest BCUT2D eigenvalue weighted by Crippen LogP contribution is -2.15. The van der Waals surface area contributed by atoms with Crippen LogP contribution in [0.4, 0.5) is 0 Å². The molecule has 6 heteroatoms. The fourth-order valence-electron chi connectivity index (χ4n) is 1.16. The van der Waals surface area contributed by atoms with E-state index in [1.807, 2.05) is 23.8 Å². The fraction of sp³-hybridized carbons (Fsp3) is 0.455. The molecule has 0 saturated carbocycles. The lowest BCUT2D eigenvalue weighted by Gasteiger charge is -2.11. The summed E-state index contributed by atoms with van der Waals surface area (Å²) in [7, 11) is 0. The van der Waals surface area contributed by atoms with Gasteiger partial charge in [-0.1, -0.05) is 12.1 Å². The largest absolute Gasteiger partial charge is 0.392 e. The van der Waals surface area contributed by atoms with E-state index in [-0.39, 0.29) is 11.4 Å². The Bertz CT molecular complexity index is 454. The van der Waals surface area contributed by atoms with E-state index >= 15 is 0 Å². The molecule has 0 aliphatic carbocycles. The van der Waals surface area contributed by atoms with Gasteiger partial charge in [0.1, 0.15) is 0 Å². The van der Waals surface area contributed by atoms with Crippen molar-refractivity contribution in [2.75, 3.05) is 0 Å². The summed E-state index contributed by atoms with van der Waals surface area (Å²) in [5, 5.41) is 17.4. The second-order valence-electron chi connectivity index (χ2n) is 3.78. The average molecular weight is 270 g/mol. The minimum atomic E-state index is -0.334. The quantitative estimate of drug-likeness (QED) is 0.905. The number of thioether (sulfide) groups is 1. The maximum Gasteiger partial charge on any atom is 0.236 e. The van der Waals surface area contributed by atoms with Crippen LogP contribution in [-0.4, -0.2) is 26.6 Å². The van der Waals surface area contributed by atoms with Gasteiger partial charge in [-0.05, 0) is 18.4 Å². The molecule has 4 nitrogen and oxygen atoms in total. The Labute approximate surface area is 108 Å². The van der Waals surface area contributed by atoms with E-state index in [4.69, 9.17) is 4.52 Å². The molecular weight excluding hydrogens is 256 g/mol. The number of aliphatic hydroxyl groups excluding tert-OH is 1. The van der Waals surface area contributed by atoms with E-state index < -0.39 is 0 Å². The molecule has 0 amide bonds. The van der Waals surface area contributed by atoms with Gasteiger partial charge in [0.15, 0.2) is 0 Å². The molecule has 0 saturated heterocycles. The molecule has 0 aliphatic heterocycles. The number of rotatable bonds is 5. The zero-order valence-electron chi connectivity index (χ0n) is 9.66. The monoisotopic (exact) mass is 270 g/mol. The first-order valence-corrected chi connectivity index (χ1v) is 7.31. The molecule has 2 rings (SSSR count). The zero-order valence-corrected chi connectivity index (χ0v) is 11.3. The van der Waals surface area contributed by atoms with Crippen LogP contribution in [0.3, 0.4) is 0 Å². The third-order valence-corrected chi connectivity index (χ3v) is 4.41. The molecule has 0 aliphatic rings. The van der Waals surface area contributed by atoms with Crippen LogP contribution >= 0.6 is 23.1 Å². The summed E-state index contributed by atoms with van der Waals surface area (Å²) in [6.45, 7) is 3.76. The molecule has 1 N–H and O–H groups in total. The molecule has 0 spiro atoms. The Hall–Kier alpha value is -0.850. The van der Waals surface area contributed by atoms with Gasteiger partial charge < -0.3 is 9.63 Å². The van der Waals surface area contributed by atoms with Gasteiger partial charge in [0.25, 0.3) is 0 Å². The molecule has 2 aromatic rings. The molecule has 0 radical (unpaired) electrons. The maximum absolute atomic E-state index is 9.37. The highest BCUT2D eigenvalue weighted by molar-refractivity contribution is 7.99. The summed E-state index contributed by atoms with van der Waals surface area (Å²) < 4.78 is 5.16. The summed E-state index contributed by atoms with van der Waals surface area (Å²) in [4.78, 5) is 4.31. The molecule has 0 fully saturated rings. The highest BCUT2D eigenvalue weighted by Crippen LogP contribution is 2.22. The van der Waals surface area contributed by atoms with Crippen molar-refractivity contribution in [2.45, 2.75) is 31.0 Å². The van der Waals surface area contributed by atoms with Gasteiger partial charge in [0.05, 0.1) is 11.9 Å². The minimum Gasteiger partial charge on any atom is -0.392 e. The molecule has 0 bridgehead atoms. The first-order valence-electron chi connectivity index (χ1n) is 5.31. The van der Waals surface area contributed by atoms with Gasteiger partial charge in [-0.3, -0.25) is 0 Å². The number of aromatic nitrogens is 2. The van der Waals surface area contributed by atoms with Crippen LogP contribution in [0, 0.1) is 0 Å². The van der Waals surface area contributed by atoms with E-state index in [0.717, 1.165) is 5.56 Å². The van der Waals surface area contributed by atoms with Gasteiger partial charge in [0.2, 0.25) is 11.7 Å². The highest BCUT2D eigenvalue weighted by Gasteiger charge is 2.13. The van der Waals surface area contributed by atoms with Crippen molar-refractivity contribution in [1.82, 2.24) is 10.1 Å². The van der Waals surface area contributed by atoms with Crippen LogP contribution in [0.25, 0.3) is 11.4 Å². The average Bonchev–Trinajstić information content (AvgIpc) is 2.95.